The number of carboxylic acid groups (broad SMARTS) is 1. The Labute approximate surface area is 231 Å². The highest BCUT2D eigenvalue weighted by atomic mass is 35.5. The number of fused-ring (bicyclic) bond motifs is 1. The quantitative estimate of drug-likeness (QED) is 0.309. The molecule has 4 rings (SSSR count). The number of hydrogen-bond acceptors (Lipinski definition) is 7. The molecule has 0 fully saturated rings. The van der Waals surface area contributed by atoms with Crippen LogP contribution in [0.3, 0.4) is 0 Å². The molecule has 15 heteroatoms. The number of carbonyl (C=O) groups is 1. The summed E-state index contributed by atoms with van der Waals surface area (Å²) < 4.78 is 54.3. The molecular weight excluding hydrogens is 608 g/mol. The van der Waals surface area contributed by atoms with Gasteiger partial charge in [0.2, 0.25) is 14.7 Å². The number of halogens is 4. The van der Waals surface area contributed by atoms with E-state index in [4.69, 9.17) is 52.1 Å². The molecule has 3 N–H and O–H groups in total. The second kappa shape index (κ2) is 9.42. The van der Waals surface area contributed by atoms with Gasteiger partial charge in [-0.25, -0.2) is 13.2 Å². The van der Waals surface area contributed by atoms with Crippen LogP contribution >= 0.6 is 46.4 Å². The molecule has 0 aliphatic heterocycles. The molecule has 0 radical (unpaired) electrons. The van der Waals surface area contributed by atoms with Crippen LogP contribution in [0.25, 0.3) is 10.9 Å². The molecule has 1 heterocycles. The van der Waals surface area contributed by atoms with Gasteiger partial charge in [0.05, 0.1) is 21.0 Å². The molecule has 3 aromatic carbocycles. The Bertz CT molecular complexity index is 1780. The summed E-state index contributed by atoms with van der Waals surface area (Å²) >= 11 is 23.8. The van der Waals surface area contributed by atoms with Crippen molar-refractivity contribution in [1.29, 1.82) is 0 Å². The van der Waals surface area contributed by atoms with E-state index in [9.17, 15) is 26.7 Å². The summed E-state index contributed by atoms with van der Waals surface area (Å²) in [6, 6.07) is 10.5. The molecule has 0 saturated heterocycles. The molecule has 1 unspecified atom stereocenters. The molecule has 37 heavy (non-hydrogen) atoms. The first-order chi connectivity index (χ1) is 17.1. The van der Waals surface area contributed by atoms with Gasteiger partial charge in [0, 0.05) is 25.5 Å². The maximum Gasteiger partial charge on any atom is 0.344 e. The van der Waals surface area contributed by atoms with Crippen LogP contribution in [0.15, 0.2) is 64.4 Å². The summed E-state index contributed by atoms with van der Waals surface area (Å²) in [7, 11) is -9.11. The summed E-state index contributed by atoms with van der Waals surface area (Å²) in [6.07, 6.45) is 0. The SMILES string of the molecule is Cc1nn(S(=O)(=O)c2cc(Cl)cc(Cl)c2)c2ccc(C(N)(C(=O)O)S(=O)(=O)c3cc(Cl)cc(Cl)c3)cc12. The molecule has 0 amide bonds. The fraction of sp³-hybridized carbons (Fsp3) is 0.0909. The number of aromatic nitrogens is 2. The largest absolute Gasteiger partial charge is 0.479 e. The van der Waals surface area contributed by atoms with Crippen molar-refractivity contribution in [3.63, 3.8) is 0 Å². The first-order valence-electron chi connectivity index (χ1n) is 10.0. The predicted octanol–water partition coefficient (Wildman–Crippen LogP) is 4.87. The zero-order valence-corrected chi connectivity index (χ0v) is 23.1. The van der Waals surface area contributed by atoms with Crippen molar-refractivity contribution in [2.45, 2.75) is 21.6 Å². The average Bonchev–Trinajstić information content (AvgIpc) is 3.13. The molecule has 0 saturated carbocycles. The number of hydrogen-bond donors (Lipinski definition) is 2. The van der Waals surface area contributed by atoms with Crippen LogP contribution in [-0.4, -0.2) is 37.1 Å². The highest BCUT2D eigenvalue weighted by molar-refractivity contribution is 7.93. The monoisotopic (exact) mass is 621 g/mol. The van der Waals surface area contributed by atoms with Gasteiger partial charge < -0.3 is 5.11 Å². The zero-order chi connectivity index (χ0) is 27.5. The van der Waals surface area contributed by atoms with Crippen molar-refractivity contribution in [3.8, 4) is 0 Å². The third-order valence-electron chi connectivity index (χ3n) is 5.51. The standard InChI is InChI=1S/C22H15Cl4N3O6S2/c1-11-19-4-12(22(27,21(30)31)36(32,33)17-7-13(23)5-14(24)8-17)2-3-20(19)29(28-11)37(34,35)18-9-15(25)6-16(26)10-18/h2-10H,27H2,1H3,(H,30,31). The van der Waals surface area contributed by atoms with Gasteiger partial charge in [-0.1, -0.05) is 52.5 Å². The highest BCUT2D eigenvalue weighted by Gasteiger charge is 2.50. The number of rotatable bonds is 6. The topological polar surface area (TPSA) is 149 Å². The summed E-state index contributed by atoms with van der Waals surface area (Å²) in [4.78, 5) is 8.60. The van der Waals surface area contributed by atoms with E-state index in [0.29, 0.717) is 4.09 Å². The fourth-order valence-corrected chi connectivity index (χ4v) is 8.00. The van der Waals surface area contributed by atoms with E-state index in [-0.39, 0.29) is 47.1 Å². The lowest BCUT2D eigenvalue weighted by Gasteiger charge is -2.25. The van der Waals surface area contributed by atoms with Gasteiger partial charge >= 0.3 is 5.97 Å². The van der Waals surface area contributed by atoms with Crippen LogP contribution < -0.4 is 5.73 Å². The number of aryl methyl sites for hydroxylation is 1. The minimum absolute atomic E-state index is 0.0354. The van der Waals surface area contributed by atoms with E-state index < -0.39 is 35.6 Å². The van der Waals surface area contributed by atoms with Crippen molar-refractivity contribution in [2.24, 2.45) is 5.73 Å². The Morgan fingerprint density at radius 3 is 1.84 bits per heavy atom. The van der Waals surface area contributed by atoms with Crippen molar-refractivity contribution >= 4 is 83.1 Å². The lowest BCUT2D eigenvalue weighted by molar-refractivity contribution is -0.140. The van der Waals surface area contributed by atoms with Gasteiger partial charge in [-0.3, -0.25) is 5.73 Å². The lowest BCUT2D eigenvalue weighted by atomic mass is 10.0. The summed E-state index contributed by atoms with van der Waals surface area (Å²) in [5.74, 6) is -1.88. The fourth-order valence-electron chi connectivity index (χ4n) is 3.69. The van der Waals surface area contributed by atoms with Crippen LogP contribution in [-0.2, 0) is 29.5 Å². The van der Waals surface area contributed by atoms with Crippen molar-refractivity contribution in [3.05, 3.63) is 85.9 Å². The summed E-state index contributed by atoms with van der Waals surface area (Å²) in [5, 5.41) is 14.3. The van der Waals surface area contributed by atoms with Gasteiger partial charge in [0.25, 0.3) is 10.0 Å². The Morgan fingerprint density at radius 1 is 0.865 bits per heavy atom. The van der Waals surface area contributed by atoms with Crippen molar-refractivity contribution in [1.82, 2.24) is 9.19 Å². The summed E-state index contributed by atoms with van der Waals surface area (Å²) in [6.45, 7) is 1.47. The Balaban J connectivity index is 1.94. The minimum Gasteiger partial charge on any atom is -0.479 e. The normalized spacial score (nSPS) is 14.0. The molecule has 1 aromatic heterocycles. The third-order valence-corrected chi connectivity index (χ3v) is 10.1. The maximum atomic E-state index is 13.5. The number of benzene rings is 3. The van der Waals surface area contributed by atoms with Crippen LogP contribution in [0, 0.1) is 6.92 Å². The van der Waals surface area contributed by atoms with E-state index in [2.05, 4.69) is 5.10 Å². The van der Waals surface area contributed by atoms with Gasteiger partial charge in [0.1, 0.15) is 0 Å². The van der Waals surface area contributed by atoms with Crippen molar-refractivity contribution in [2.75, 3.05) is 0 Å². The van der Waals surface area contributed by atoms with Gasteiger partial charge in [-0.15, -0.1) is 0 Å². The first-order valence-corrected chi connectivity index (χ1v) is 14.5. The Morgan fingerprint density at radius 2 is 1.35 bits per heavy atom. The predicted molar refractivity (Wildman–Crippen MR) is 141 cm³/mol. The molecule has 194 valence electrons. The summed E-state index contributed by atoms with van der Waals surface area (Å²) in [5.41, 5.74) is 5.92. The molecular formula is C22H15Cl4N3O6S2. The van der Waals surface area contributed by atoms with Gasteiger partial charge in [-0.2, -0.15) is 17.6 Å². The molecule has 9 nitrogen and oxygen atoms in total. The average molecular weight is 623 g/mol. The maximum absolute atomic E-state index is 13.5. The minimum atomic E-state index is -4.82. The van der Waals surface area contributed by atoms with E-state index in [1.807, 2.05) is 0 Å². The second-order valence-electron chi connectivity index (χ2n) is 7.92. The molecule has 0 bridgehead atoms. The first kappa shape index (κ1) is 27.6. The van der Waals surface area contributed by atoms with Crippen LogP contribution in [0.4, 0.5) is 0 Å². The number of nitrogens with zero attached hydrogens (tertiary/aromatic N) is 2. The van der Waals surface area contributed by atoms with E-state index in [1.165, 1.54) is 37.3 Å². The lowest BCUT2D eigenvalue weighted by Crippen LogP contribution is -2.51. The zero-order valence-electron chi connectivity index (χ0n) is 18.5. The van der Waals surface area contributed by atoms with E-state index >= 15 is 0 Å². The molecule has 0 aliphatic rings. The number of aliphatic carboxylic acids is 1. The number of nitrogens with two attached hydrogens (primary N) is 1. The Kier molecular flexibility index (Phi) is 7.04. The molecule has 0 aliphatic carbocycles. The van der Waals surface area contributed by atoms with Crippen LogP contribution in [0.1, 0.15) is 11.3 Å². The number of sulfone groups is 1. The van der Waals surface area contributed by atoms with E-state index in [0.717, 1.165) is 24.3 Å². The van der Waals surface area contributed by atoms with Gasteiger partial charge in [-0.05, 0) is 61.0 Å². The van der Waals surface area contributed by atoms with E-state index in [1.54, 1.807) is 0 Å². The third kappa shape index (κ3) is 4.59. The molecule has 0 spiro atoms. The Hall–Kier alpha value is -2.38. The number of carboxylic acids is 1. The van der Waals surface area contributed by atoms with Crippen molar-refractivity contribution < 1.29 is 26.7 Å². The second-order valence-corrected chi connectivity index (χ2v) is 13.6. The highest BCUT2D eigenvalue weighted by Crippen LogP contribution is 2.36. The van der Waals surface area contributed by atoms with Crippen LogP contribution in [0.2, 0.25) is 20.1 Å². The smallest absolute Gasteiger partial charge is 0.344 e. The molecule has 1 atom stereocenters. The van der Waals surface area contributed by atoms with Crippen LogP contribution in [0.5, 0.6) is 0 Å². The molecule has 4 aromatic rings. The van der Waals surface area contributed by atoms with Gasteiger partial charge in [0.15, 0.2) is 0 Å².